The first-order valence-corrected chi connectivity index (χ1v) is 7.93. The van der Waals surface area contributed by atoms with Crippen molar-refractivity contribution in [3.8, 4) is 0 Å². The molecule has 3 nitrogen and oxygen atoms in total. The van der Waals surface area contributed by atoms with Gasteiger partial charge in [0.05, 0.1) is 12.1 Å². The predicted octanol–water partition coefficient (Wildman–Crippen LogP) is 2.85. The Bertz CT molecular complexity index is 399. The molecule has 0 bridgehead atoms. The van der Waals surface area contributed by atoms with Crippen LogP contribution in [0.2, 0.25) is 0 Å². The second-order valence-electron chi connectivity index (χ2n) is 7.19. The summed E-state index contributed by atoms with van der Waals surface area (Å²) in [7, 11) is 2.16. The Labute approximate surface area is 130 Å². The summed E-state index contributed by atoms with van der Waals surface area (Å²) in [5.74, 6) is 0. The molecule has 1 aromatic carbocycles. The van der Waals surface area contributed by atoms with E-state index in [0.29, 0.717) is 5.41 Å². The Balaban J connectivity index is 2.80. The van der Waals surface area contributed by atoms with Crippen LogP contribution in [0.3, 0.4) is 0 Å². The van der Waals surface area contributed by atoms with Crippen LogP contribution >= 0.6 is 0 Å². The smallest absolute Gasteiger partial charge is 0.0681 e. The van der Waals surface area contributed by atoms with Gasteiger partial charge >= 0.3 is 0 Å². The van der Waals surface area contributed by atoms with Crippen LogP contribution in [0.25, 0.3) is 0 Å². The highest BCUT2D eigenvalue weighted by Gasteiger charge is 2.30. The number of aliphatic hydroxyl groups excluding tert-OH is 1. The third kappa shape index (κ3) is 5.77. The van der Waals surface area contributed by atoms with E-state index in [1.165, 1.54) is 5.56 Å². The van der Waals surface area contributed by atoms with E-state index in [1.54, 1.807) is 0 Å². The second kappa shape index (κ2) is 7.92. The molecular formula is C18H32N2O. The predicted molar refractivity (Wildman–Crippen MR) is 90.5 cm³/mol. The third-order valence-corrected chi connectivity index (χ3v) is 3.78. The highest BCUT2D eigenvalue weighted by atomic mass is 16.3. The molecule has 0 saturated heterocycles. The molecule has 1 unspecified atom stereocenters. The summed E-state index contributed by atoms with van der Waals surface area (Å²) in [6.07, 6.45) is 0.897. The normalized spacial score (nSPS) is 15.2. The van der Waals surface area contributed by atoms with Crippen molar-refractivity contribution in [2.24, 2.45) is 5.41 Å². The van der Waals surface area contributed by atoms with Crippen LogP contribution in [0.1, 0.15) is 39.7 Å². The molecule has 0 aliphatic carbocycles. The minimum Gasteiger partial charge on any atom is -0.394 e. The SMILES string of the molecule is CCNC(CO)(CCN(C)CC(C)(C)C)c1ccccc1. The van der Waals surface area contributed by atoms with Gasteiger partial charge in [0.2, 0.25) is 0 Å². The van der Waals surface area contributed by atoms with Crippen molar-refractivity contribution in [3.63, 3.8) is 0 Å². The van der Waals surface area contributed by atoms with Crippen molar-refractivity contribution in [1.29, 1.82) is 0 Å². The maximum Gasteiger partial charge on any atom is 0.0681 e. The Kier molecular flexibility index (Phi) is 6.85. The van der Waals surface area contributed by atoms with Crippen LogP contribution in [0, 0.1) is 5.41 Å². The lowest BCUT2D eigenvalue weighted by molar-refractivity contribution is 0.130. The van der Waals surface area contributed by atoms with Gasteiger partial charge in [-0.15, -0.1) is 0 Å². The van der Waals surface area contributed by atoms with Gasteiger partial charge in [0.15, 0.2) is 0 Å². The van der Waals surface area contributed by atoms with E-state index in [4.69, 9.17) is 0 Å². The summed E-state index contributed by atoms with van der Waals surface area (Å²) < 4.78 is 0. The van der Waals surface area contributed by atoms with Gasteiger partial charge < -0.3 is 15.3 Å². The minimum atomic E-state index is -0.345. The average molecular weight is 292 g/mol. The van der Waals surface area contributed by atoms with Gasteiger partial charge in [0.1, 0.15) is 0 Å². The Morgan fingerprint density at radius 1 is 1.14 bits per heavy atom. The Morgan fingerprint density at radius 3 is 2.24 bits per heavy atom. The Hall–Kier alpha value is -0.900. The second-order valence-corrected chi connectivity index (χ2v) is 7.19. The van der Waals surface area contributed by atoms with Gasteiger partial charge in [-0.05, 0) is 31.0 Å². The molecule has 1 rings (SSSR count). The molecule has 3 heteroatoms. The molecule has 0 aromatic heterocycles. The van der Waals surface area contributed by atoms with E-state index in [9.17, 15) is 5.11 Å². The number of likely N-dealkylation sites (N-methyl/N-ethyl adjacent to an activating group) is 1. The van der Waals surface area contributed by atoms with Crippen LogP contribution in [0.5, 0.6) is 0 Å². The molecule has 0 fully saturated rings. The van der Waals surface area contributed by atoms with Gasteiger partial charge in [-0.1, -0.05) is 58.0 Å². The van der Waals surface area contributed by atoms with Gasteiger partial charge in [0.25, 0.3) is 0 Å². The zero-order chi connectivity index (χ0) is 15.9. The quantitative estimate of drug-likeness (QED) is 0.773. The fourth-order valence-electron chi connectivity index (χ4n) is 2.93. The Morgan fingerprint density at radius 2 is 1.76 bits per heavy atom. The molecule has 1 atom stereocenters. The lowest BCUT2D eigenvalue weighted by Crippen LogP contribution is -2.48. The van der Waals surface area contributed by atoms with Crippen LogP contribution in [-0.2, 0) is 5.54 Å². The molecule has 0 amide bonds. The standard InChI is InChI=1S/C18H32N2O/c1-6-19-18(15-21,16-10-8-7-9-11-16)12-13-20(5)14-17(2,3)4/h7-11,19,21H,6,12-15H2,1-5H3. The largest absolute Gasteiger partial charge is 0.394 e. The highest BCUT2D eigenvalue weighted by molar-refractivity contribution is 5.24. The maximum absolute atomic E-state index is 10.0. The van der Waals surface area contributed by atoms with Gasteiger partial charge in [-0.25, -0.2) is 0 Å². The summed E-state index contributed by atoms with van der Waals surface area (Å²) in [6.45, 7) is 11.8. The summed E-state index contributed by atoms with van der Waals surface area (Å²) in [5, 5.41) is 13.5. The lowest BCUT2D eigenvalue weighted by atomic mass is 9.86. The molecule has 0 radical (unpaired) electrons. The number of nitrogens with zero attached hydrogens (tertiary/aromatic N) is 1. The number of nitrogens with one attached hydrogen (secondary N) is 1. The van der Waals surface area contributed by atoms with Crippen molar-refractivity contribution in [1.82, 2.24) is 10.2 Å². The number of benzene rings is 1. The molecule has 0 spiro atoms. The van der Waals surface area contributed by atoms with Crippen LogP contribution in [0.4, 0.5) is 0 Å². The molecule has 21 heavy (non-hydrogen) atoms. The van der Waals surface area contributed by atoms with Crippen LogP contribution in [0.15, 0.2) is 30.3 Å². The monoisotopic (exact) mass is 292 g/mol. The number of aliphatic hydroxyl groups is 1. The van der Waals surface area contributed by atoms with Crippen molar-refractivity contribution in [3.05, 3.63) is 35.9 Å². The van der Waals surface area contributed by atoms with Gasteiger partial charge in [0, 0.05) is 13.1 Å². The zero-order valence-electron chi connectivity index (χ0n) is 14.3. The van der Waals surface area contributed by atoms with Gasteiger partial charge in [-0.2, -0.15) is 0 Å². The lowest BCUT2D eigenvalue weighted by Gasteiger charge is -2.36. The average Bonchev–Trinajstić information content (AvgIpc) is 2.43. The van der Waals surface area contributed by atoms with Crippen molar-refractivity contribution in [2.75, 3.05) is 33.3 Å². The topological polar surface area (TPSA) is 35.5 Å². The minimum absolute atomic E-state index is 0.119. The summed E-state index contributed by atoms with van der Waals surface area (Å²) >= 11 is 0. The van der Waals surface area contributed by atoms with Crippen LogP contribution in [-0.4, -0.2) is 43.3 Å². The van der Waals surface area contributed by atoms with E-state index in [-0.39, 0.29) is 12.1 Å². The molecule has 0 saturated carbocycles. The molecule has 0 aliphatic heterocycles. The van der Waals surface area contributed by atoms with Crippen molar-refractivity contribution in [2.45, 2.75) is 39.7 Å². The maximum atomic E-state index is 10.0. The van der Waals surface area contributed by atoms with Crippen LogP contribution < -0.4 is 5.32 Å². The molecular weight excluding hydrogens is 260 g/mol. The fraction of sp³-hybridized carbons (Fsp3) is 0.667. The van der Waals surface area contributed by atoms with E-state index in [0.717, 1.165) is 26.1 Å². The molecule has 120 valence electrons. The van der Waals surface area contributed by atoms with E-state index >= 15 is 0 Å². The number of hydrogen-bond donors (Lipinski definition) is 2. The fourth-order valence-corrected chi connectivity index (χ4v) is 2.93. The highest BCUT2D eigenvalue weighted by Crippen LogP contribution is 2.25. The zero-order valence-corrected chi connectivity index (χ0v) is 14.3. The molecule has 2 N–H and O–H groups in total. The third-order valence-electron chi connectivity index (χ3n) is 3.78. The molecule has 0 heterocycles. The van der Waals surface area contributed by atoms with Gasteiger partial charge in [-0.3, -0.25) is 0 Å². The van der Waals surface area contributed by atoms with E-state index in [2.05, 4.69) is 57.1 Å². The first kappa shape index (κ1) is 18.1. The summed E-state index contributed by atoms with van der Waals surface area (Å²) in [6, 6.07) is 10.3. The molecule has 0 aliphatic rings. The van der Waals surface area contributed by atoms with E-state index < -0.39 is 0 Å². The summed E-state index contributed by atoms with van der Waals surface area (Å²) in [5.41, 5.74) is 1.11. The van der Waals surface area contributed by atoms with Crippen molar-refractivity contribution < 1.29 is 5.11 Å². The molecule has 1 aromatic rings. The number of rotatable bonds is 8. The first-order valence-electron chi connectivity index (χ1n) is 7.93. The van der Waals surface area contributed by atoms with E-state index in [1.807, 2.05) is 18.2 Å². The first-order chi connectivity index (χ1) is 9.83. The van der Waals surface area contributed by atoms with Crippen molar-refractivity contribution >= 4 is 0 Å². The summed E-state index contributed by atoms with van der Waals surface area (Å²) in [4.78, 5) is 2.35. The number of hydrogen-bond acceptors (Lipinski definition) is 3.